The van der Waals surface area contributed by atoms with Gasteiger partial charge in [-0.15, -0.1) is 5.38 Å². The van der Waals surface area contributed by atoms with E-state index in [2.05, 4.69) is 6.07 Å². The second-order valence-electron chi connectivity index (χ2n) is 0.723. The van der Waals surface area contributed by atoms with E-state index in [0.29, 0.717) is 0 Å². The van der Waals surface area contributed by atoms with Crippen molar-refractivity contribution in [3.63, 3.8) is 0 Å². The third kappa shape index (κ3) is 2.50. The Bertz CT molecular complexity index is 64.0. The predicted molar refractivity (Wildman–Crippen MR) is 23.2 cm³/mol. The van der Waals surface area contributed by atoms with Crippen molar-refractivity contribution in [1.82, 2.24) is 0 Å². The van der Waals surface area contributed by atoms with Crippen LogP contribution >= 0.6 is 11.3 Å². The van der Waals surface area contributed by atoms with Crippen LogP contribution in [0.3, 0.4) is 0 Å². The van der Waals surface area contributed by atoms with Crippen LogP contribution in [0.4, 0.5) is 0 Å². The van der Waals surface area contributed by atoms with E-state index in [4.69, 9.17) is 0 Å². The van der Waals surface area contributed by atoms with E-state index in [1.165, 1.54) is 0 Å². The Morgan fingerprint density at radius 3 is 2.50 bits per heavy atom. The fraction of sp³-hybridized carbons (Fsp3) is 0. The maximum atomic E-state index is 2.88. The molecule has 1 aromatic rings. The van der Waals surface area contributed by atoms with Crippen LogP contribution in [-0.4, -0.2) is 0 Å². The molecule has 0 aliphatic rings. The van der Waals surface area contributed by atoms with E-state index in [1.54, 1.807) is 11.3 Å². The van der Waals surface area contributed by atoms with Gasteiger partial charge in [-0.25, -0.2) is 12.1 Å². The SMILES string of the molecule is [K+].[c-]1ccsc1. The third-order valence-electron chi connectivity index (χ3n) is 0.379. The van der Waals surface area contributed by atoms with Gasteiger partial charge in [-0.2, -0.15) is 5.38 Å². The number of rotatable bonds is 0. The first kappa shape index (κ1) is 7.34. The zero-order chi connectivity index (χ0) is 3.54. The molecular formula is C4H3KS. The largest absolute Gasteiger partial charge is 1.00 e. The molecule has 0 nitrogen and oxygen atoms in total. The van der Waals surface area contributed by atoms with Crippen LogP contribution in [0, 0.1) is 6.07 Å². The standard InChI is InChI=1S/C4H3S.K/c1-2-4-5-3-1;/h1,3-4H;/q-1;+1. The Kier molecular flexibility index (Phi) is 5.50. The molecule has 0 N–H and O–H groups in total. The average Bonchev–Trinajstić information content (AvgIpc) is 1.76. The topological polar surface area (TPSA) is 0 Å². The van der Waals surface area contributed by atoms with Crippen LogP contribution in [0.2, 0.25) is 0 Å². The first-order valence-corrected chi connectivity index (χ1v) is 2.32. The molecule has 0 spiro atoms. The van der Waals surface area contributed by atoms with Gasteiger partial charge in [-0.3, -0.25) is 11.3 Å². The van der Waals surface area contributed by atoms with E-state index < -0.39 is 0 Å². The van der Waals surface area contributed by atoms with Gasteiger partial charge in [0.2, 0.25) is 0 Å². The Morgan fingerprint density at radius 1 is 1.50 bits per heavy atom. The second kappa shape index (κ2) is 4.49. The number of thiophene rings is 1. The summed E-state index contributed by atoms with van der Waals surface area (Å²) in [7, 11) is 0. The molecule has 0 aliphatic carbocycles. The Balaban J connectivity index is 0.000000250. The van der Waals surface area contributed by atoms with E-state index >= 15 is 0 Å². The van der Waals surface area contributed by atoms with Crippen molar-refractivity contribution < 1.29 is 51.4 Å². The molecule has 0 aliphatic heterocycles. The molecule has 0 aromatic carbocycles. The number of hydrogen-bond acceptors (Lipinski definition) is 1. The van der Waals surface area contributed by atoms with Gasteiger partial charge in [0.1, 0.15) is 0 Å². The summed E-state index contributed by atoms with van der Waals surface area (Å²) in [6, 6.07) is 4.77. The zero-order valence-corrected chi connectivity index (χ0v) is 7.58. The second-order valence-corrected chi connectivity index (χ2v) is 1.50. The van der Waals surface area contributed by atoms with Gasteiger partial charge in [0.25, 0.3) is 0 Å². The molecule has 0 radical (unpaired) electrons. The third-order valence-corrected chi connectivity index (χ3v) is 0.944. The summed E-state index contributed by atoms with van der Waals surface area (Å²) in [5.74, 6) is 0. The summed E-state index contributed by atoms with van der Waals surface area (Å²) in [5, 5.41) is 3.90. The fourth-order valence-electron chi connectivity index (χ4n) is 0.196. The molecule has 1 rings (SSSR count). The summed E-state index contributed by atoms with van der Waals surface area (Å²) >= 11 is 1.66. The molecule has 0 atom stereocenters. The van der Waals surface area contributed by atoms with Crippen molar-refractivity contribution in [2.75, 3.05) is 0 Å². The Labute approximate surface area is 84.0 Å². The van der Waals surface area contributed by atoms with Crippen molar-refractivity contribution in [2.45, 2.75) is 0 Å². The van der Waals surface area contributed by atoms with Crippen LogP contribution in [0.25, 0.3) is 0 Å². The maximum Gasteiger partial charge on any atom is 1.00 e. The minimum Gasteiger partial charge on any atom is -0.273 e. The van der Waals surface area contributed by atoms with Crippen molar-refractivity contribution in [1.29, 1.82) is 0 Å². The van der Waals surface area contributed by atoms with E-state index in [9.17, 15) is 0 Å². The maximum absolute atomic E-state index is 2.88. The van der Waals surface area contributed by atoms with Crippen LogP contribution in [-0.2, 0) is 0 Å². The van der Waals surface area contributed by atoms with Crippen molar-refractivity contribution in [2.24, 2.45) is 0 Å². The Morgan fingerprint density at radius 2 is 2.33 bits per heavy atom. The average molecular weight is 122 g/mol. The molecule has 0 bridgehead atoms. The van der Waals surface area contributed by atoms with Crippen LogP contribution in [0.1, 0.15) is 0 Å². The number of hydrogen-bond donors (Lipinski definition) is 0. The summed E-state index contributed by atoms with van der Waals surface area (Å²) in [4.78, 5) is 0. The molecule has 0 unspecified atom stereocenters. The molecule has 0 fully saturated rings. The zero-order valence-electron chi connectivity index (χ0n) is 3.64. The molecule has 0 saturated heterocycles. The summed E-state index contributed by atoms with van der Waals surface area (Å²) in [6.07, 6.45) is 0. The fourth-order valence-corrected chi connectivity index (χ4v) is 0.589. The smallest absolute Gasteiger partial charge is 0.273 e. The van der Waals surface area contributed by atoms with Crippen LogP contribution < -0.4 is 51.4 Å². The van der Waals surface area contributed by atoms with E-state index in [0.717, 1.165) is 0 Å². The van der Waals surface area contributed by atoms with Crippen molar-refractivity contribution in [3.8, 4) is 0 Å². The summed E-state index contributed by atoms with van der Waals surface area (Å²) in [6.45, 7) is 0. The molecular weight excluding hydrogens is 119 g/mol. The van der Waals surface area contributed by atoms with Gasteiger partial charge in [0.15, 0.2) is 0 Å². The van der Waals surface area contributed by atoms with Crippen molar-refractivity contribution in [3.05, 3.63) is 22.9 Å². The first-order valence-electron chi connectivity index (χ1n) is 1.38. The minimum atomic E-state index is 0. The van der Waals surface area contributed by atoms with Crippen molar-refractivity contribution >= 4 is 11.3 Å². The van der Waals surface area contributed by atoms with E-state index in [1.807, 2.05) is 16.8 Å². The molecule has 0 saturated carbocycles. The molecule has 6 heavy (non-hydrogen) atoms. The van der Waals surface area contributed by atoms with Gasteiger partial charge < -0.3 is 0 Å². The monoisotopic (exact) mass is 122 g/mol. The summed E-state index contributed by atoms with van der Waals surface area (Å²) in [5.41, 5.74) is 0. The van der Waals surface area contributed by atoms with Gasteiger partial charge in [0.05, 0.1) is 0 Å². The van der Waals surface area contributed by atoms with Crippen LogP contribution in [0.15, 0.2) is 16.8 Å². The minimum absolute atomic E-state index is 0. The normalized spacial score (nSPS) is 6.67. The molecule has 0 amide bonds. The van der Waals surface area contributed by atoms with Gasteiger partial charge >= 0.3 is 51.4 Å². The molecule has 2 heteroatoms. The first-order chi connectivity index (χ1) is 2.50. The quantitative estimate of drug-likeness (QED) is 0.292. The van der Waals surface area contributed by atoms with Crippen LogP contribution in [0.5, 0.6) is 0 Å². The van der Waals surface area contributed by atoms with Gasteiger partial charge in [-0.1, -0.05) is 0 Å². The molecule has 1 aromatic heterocycles. The molecule has 26 valence electrons. The Hall–Kier alpha value is 1.34. The van der Waals surface area contributed by atoms with E-state index in [-0.39, 0.29) is 51.4 Å². The predicted octanol–water partition coefficient (Wildman–Crippen LogP) is -1.45. The molecule has 1 heterocycles. The van der Waals surface area contributed by atoms with Gasteiger partial charge in [0, 0.05) is 0 Å². The summed E-state index contributed by atoms with van der Waals surface area (Å²) < 4.78 is 0. The van der Waals surface area contributed by atoms with Gasteiger partial charge in [-0.05, 0) is 0 Å².